The summed E-state index contributed by atoms with van der Waals surface area (Å²) in [5, 5.41) is 8.95. The Balaban J connectivity index is 3.04. The van der Waals surface area contributed by atoms with Crippen molar-refractivity contribution < 1.29 is 42.2 Å². The molecule has 9 heteroatoms. The molecule has 2 rings (SSSR count). The van der Waals surface area contributed by atoms with Gasteiger partial charge < -0.3 is 9.84 Å². The summed E-state index contributed by atoms with van der Waals surface area (Å²) in [6.07, 6.45) is -5.26. The van der Waals surface area contributed by atoms with Gasteiger partial charge in [0, 0.05) is 5.56 Å². The Bertz CT molecular complexity index is 717. The first-order chi connectivity index (χ1) is 9.55. The molecule has 21 heavy (non-hydrogen) atoms. The van der Waals surface area contributed by atoms with Crippen molar-refractivity contribution in [2.45, 2.75) is 13.1 Å². The van der Waals surface area contributed by atoms with Crippen molar-refractivity contribution in [3.63, 3.8) is 0 Å². The molecule has 1 aliphatic heterocycles. The third-order valence-electron chi connectivity index (χ3n) is 2.81. The molecule has 1 aliphatic rings. The molecule has 0 atom stereocenters. The van der Waals surface area contributed by atoms with Gasteiger partial charge in [0.15, 0.2) is 5.78 Å². The van der Waals surface area contributed by atoms with E-state index in [1.807, 2.05) is 0 Å². The summed E-state index contributed by atoms with van der Waals surface area (Å²) in [5.41, 5.74) is -6.01. The Labute approximate surface area is 114 Å². The molecular weight excluding hydrogens is 297 g/mol. The summed E-state index contributed by atoms with van der Waals surface area (Å²) in [4.78, 5) is 45.2. The number of benzene rings is 1. The van der Waals surface area contributed by atoms with E-state index in [0.717, 1.165) is 6.92 Å². The van der Waals surface area contributed by atoms with E-state index in [-0.39, 0.29) is 0 Å². The lowest BCUT2D eigenvalue weighted by Crippen LogP contribution is -2.21. The number of fused-ring (bicyclic) bond motifs is 1. The summed E-state index contributed by atoms with van der Waals surface area (Å²) in [6, 6.07) is 0.629. The van der Waals surface area contributed by atoms with E-state index in [1.165, 1.54) is 0 Å². The maximum Gasteiger partial charge on any atom is 0.418 e. The lowest BCUT2D eigenvalue weighted by Gasteiger charge is -2.15. The highest BCUT2D eigenvalue weighted by Gasteiger charge is 2.47. The predicted molar refractivity (Wildman–Crippen MR) is 58.2 cm³/mol. The number of rotatable bonds is 2. The van der Waals surface area contributed by atoms with E-state index in [1.54, 1.807) is 0 Å². The number of hydrogen-bond donors (Lipinski definition) is 1. The minimum Gasteiger partial charge on any atom is -0.478 e. The van der Waals surface area contributed by atoms with Gasteiger partial charge in [-0.3, -0.25) is 4.79 Å². The van der Waals surface area contributed by atoms with Crippen LogP contribution in [0, 0.1) is 0 Å². The van der Waals surface area contributed by atoms with E-state index in [9.17, 15) is 32.3 Å². The van der Waals surface area contributed by atoms with Crippen molar-refractivity contribution in [3.05, 3.63) is 33.9 Å². The molecule has 0 radical (unpaired) electrons. The first-order valence-electron chi connectivity index (χ1n) is 5.34. The minimum absolute atomic E-state index is 0.629. The van der Waals surface area contributed by atoms with Gasteiger partial charge in [0.25, 0.3) is 0 Å². The number of ether oxygens (including phenoxy) is 1. The maximum absolute atomic E-state index is 13.1. The van der Waals surface area contributed by atoms with Crippen LogP contribution in [0.25, 0.3) is 0 Å². The van der Waals surface area contributed by atoms with Crippen LogP contribution in [-0.2, 0) is 10.9 Å². The third-order valence-corrected chi connectivity index (χ3v) is 2.81. The molecule has 1 aromatic carbocycles. The van der Waals surface area contributed by atoms with Crippen molar-refractivity contribution in [1.82, 2.24) is 0 Å². The first-order valence-corrected chi connectivity index (χ1v) is 5.34. The molecule has 0 fully saturated rings. The van der Waals surface area contributed by atoms with Gasteiger partial charge in [-0.15, -0.1) is 0 Å². The molecule has 0 saturated heterocycles. The molecule has 0 unspecified atom stereocenters. The highest BCUT2D eigenvalue weighted by molar-refractivity contribution is 6.19. The van der Waals surface area contributed by atoms with Crippen LogP contribution in [0.3, 0.4) is 0 Å². The summed E-state index contributed by atoms with van der Waals surface area (Å²) < 4.78 is 43.4. The number of carboxylic acid groups (broad SMARTS) is 1. The number of alkyl halides is 3. The van der Waals surface area contributed by atoms with Gasteiger partial charge in [-0.25, -0.2) is 14.4 Å². The Morgan fingerprint density at radius 1 is 1.19 bits per heavy atom. The monoisotopic (exact) mass is 302 g/mol. The Morgan fingerprint density at radius 3 is 2.19 bits per heavy atom. The first kappa shape index (κ1) is 14.7. The normalized spacial score (nSPS) is 13.9. The van der Waals surface area contributed by atoms with Gasteiger partial charge in [0.1, 0.15) is 0 Å². The third kappa shape index (κ3) is 2.16. The Kier molecular flexibility index (Phi) is 3.08. The fourth-order valence-corrected chi connectivity index (χ4v) is 2.03. The van der Waals surface area contributed by atoms with Crippen molar-refractivity contribution in [2.75, 3.05) is 0 Å². The number of ketones is 1. The fraction of sp³-hybridized carbons (Fsp3) is 0.167. The van der Waals surface area contributed by atoms with E-state index in [0.29, 0.717) is 6.07 Å². The standard InChI is InChI=1S/C12H5F3O6/c1-3(16)4-2-5-7(11(20)21-10(5)19)8(12(13,14)15)6(4)9(17)18/h2H,1H3,(H,17,18). The zero-order valence-electron chi connectivity index (χ0n) is 10.2. The van der Waals surface area contributed by atoms with Crippen LogP contribution in [0.4, 0.5) is 13.2 Å². The van der Waals surface area contributed by atoms with Gasteiger partial charge in [-0.1, -0.05) is 0 Å². The number of aromatic carboxylic acids is 1. The molecule has 0 bridgehead atoms. The van der Waals surface area contributed by atoms with E-state index in [4.69, 9.17) is 5.11 Å². The summed E-state index contributed by atoms with van der Waals surface area (Å²) >= 11 is 0. The van der Waals surface area contributed by atoms with E-state index < -0.39 is 57.7 Å². The fourth-order valence-electron chi connectivity index (χ4n) is 2.03. The number of carboxylic acids is 1. The highest BCUT2D eigenvalue weighted by Crippen LogP contribution is 2.40. The number of halogens is 3. The quantitative estimate of drug-likeness (QED) is 0.509. The molecule has 1 heterocycles. The highest BCUT2D eigenvalue weighted by atomic mass is 19.4. The van der Waals surface area contributed by atoms with Crippen LogP contribution >= 0.6 is 0 Å². The molecule has 0 aromatic heterocycles. The van der Waals surface area contributed by atoms with Crippen LogP contribution in [-0.4, -0.2) is 28.8 Å². The van der Waals surface area contributed by atoms with Gasteiger partial charge in [-0.05, 0) is 13.0 Å². The molecule has 1 N–H and O–H groups in total. The number of Topliss-reactive ketones (excluding diaryl/α,β-unsaturated/α-hetero) is 1. The molecule has 0 saturated carbocycles. The predicted octanol–water partition coefficient (Wildman–Crippen LogP) is 1.92. The largest absolute Gasteiger partial charge is 0.478 e. The summed E-state index contributed by atoms with van der Waals surface area (Å²) in [7, 11) is 0. The molecule has 0 amide bonds. The molecular formula is C12H5F3O6. The molecule has 6 nitrogen and oxygen atoms in total. The molecule has 0 aliphatic carbocycles. The average Bonchev–Trinajstić information content (AvgIpc) is 2.61. The van der Waals surface area contributed by atoms with Crippen molar-refractivity contribution in [2.24, 2.45) is 0 Å². The Morgan fingerprint density at radius 2 is 1.76 bits per heavy atom. The number of carbonyl (C=O) groups excluding carboxylic acids is 3. The zero-order chi connectivity index (χ0) is 16.1. The smallest absolute Gasteiger partial charge is 0.418 e. The maximum atomic E-state index is 13.1. The van der Waals surface area contributed by atoms with Gasteiger partial charge in [-0.2, -0.15) is 13.2 Å². The van der Waals surface area contributed by atoms with E-state index >= 15 is 0 Å². The number of esters is 2. The topological polar surface area (TPSA) is 97.7 Å². The van der Waals surface area contributed by atoms with Crippen molar-refractivity contribution >= 4 is 23.7 Å². The second-order valence-electron chi connectivity index (χ2n) is 4.13. The average molecular weight is 302 g/mol. The second-order valence-corrected chi connectivity index (χ2v) is 4.13. The van der Waals surface area contributed by atoms with Crippen molar-refractivity contribution in [1.29, 1.82) is 0 Å². The van der Waals surface area contributed by atoms with Crippen molar-refractivity contribution in [3.8, 4) is 0 Å². The molecule has 0 spiro atoms. The van der Waals surface area contributed by atoms with Crippen LogP contribution in [0.1, 0.15) is 53.9 Å². The minimum atomic E-state index is -5.26. The van der Waals surface area contributed by atoms with Crippen LogP contribution in [0.5, 0.6) is 0 Å². The SMILES string of the molecule is CC(=O)c1cc2c(c(C(F)(F)F)c1C(=O)O)C(=O)OC2=O. The number of carbonyl (C=O) groups is 4. The summed E-state index contributed by atoms with van der Waals surface area (Å²) in [6.45, 7) is 0.844. The molecule has 110 valence electrons. The van der Waals surface area contributed by atoms with Gasteiger partial charge in [0.05, 0.1) is 22.3 Å². The number of hydrogen-bond acceptors (Lipinski definition) is 5. The second kappa shape index (κ2) is 4.40. The van der Waals surface area contributed by atoms with E-state index in [2.05, 4.69) is 4.74 Å². The lowest BCUT2D eigenvalue weighted by atomic mass is 9.90. The molecule has 1 aromatic rings. The van der Waals surface area contributed by atoms with Crippen LogP contribution in [0.15, 0.2) is 6.07 Å². The Hall–Kier alpha value is -2.71. The van der Waals surface area contributed by atoms with Crippen LogP contribution in [0.2, 0.25) is 0 Å². The lowest BCUT2D eigenvalue weighted by molar-refractivity contribution is -0.138. The van der Waals surface area contributed by atoms with Crippen LogP contribution < -0.4 is 0 Å². The zero-order valence-corrected chi connectivity index (χ0v) is 10.2. The van der Waals surface area contributed by atoms with Gasteiger partial charge in [0.2, 0.25) is 0 Å². The van der Waals surface area contributed by atoms with Gasteiger partial charge >= 0.3 is 24.1 Å². The summed E-state index contributed by atoms with van der Waals surface area (Å²) in [5.74, 6) is -5.99. The number of cyclic esters (lactones) is 2.